The summed E-state index contributed by atoms with van der Waals surface area (Å²) in [7, 11) is 0. The van der Waals surface area contributed by atoms with Crippen LogP contribution < -0.4 is 5.32 Å². The van der Waals surface area contributed by atoms with E-state index in [9.17, 15) is 4.79 Å². The molecule has 0 saturated carbocycles. The van der Waals surface area contributed by atoms with Crippen molar-refractivity contribution in [1.82, 2.24) is 0 Å². The number of carboxylic acid groups (broad SMARTS) is 1. The quantitative estimate of drug-likeness (QED) is 0.848. The monoisotopic (exact) mass is 301 g/mol. The topological polar surface area (TPSA) is 58.6 Å². The first kappa shape index (κ1) is 14.0. The molecule has 94 valence electrons. The van der Waals surface area contributed by atoms with E-state index in [1.807, 2.05) is 13.8 Å². The molecule has 0 spiro atoms. The number of nitrogens with one attached hydrogen (secondary N) is 1. The third-order valence-electron chi connectivity index (χ3n) is 2.25. The Balaban J connectivity index is 2.63. The number of carboxylic acids is 1. The Bertz CT molecular complexity index is 395. The van der Waals surface area contributed by atoms with E-state index in [-0.39, 0.29) is 11.7 Å². The number of aromatic carboxylic acids is 1. The number of benzene rings is 1. The number of rotatable bonds is 6. The van der Waals surface area contributed by atoms with Crippen LogP contribution in [-0.2, 0) is 4.74 Å². The lowest BCUT2D eigenvalue weighted by Crippen LogP contribution is -2.19. The molecule has 0 fully saturated rings. The number of halogens is 1. The van der Waals surface area contributed by atoms with Gasteiger partial charge in [-0.1, -0.05) is 0 Å². The van der Waals surface area contributed by atoms with Crippen LogP contribution in [0.25, 0.3) is 0 Å². The van der Waals surface area contributed by atoms with E-state index in [1.54, 1.807) is 18.2 Å². The molecular weight excluding hydrogens is 286 g/mol. The minimum Gasteiger partial charge on any atom is -0.478 e. The largest absolute Gasteiger partial charge is 0.478 e. The molecule has 1 aromatic carbocycles. The third-order valence-corrected chi connectivity index (χ3v) is 2.90. The van der Waals surface area contributed by atoms with E-state index in [0.29, 0.717) is 13.2 Å². The van der Waals surface area contributed by atoms with Crippen molar-refractivity contribution in [2.75, 3.05) is 18.5 Å². The maximum atomic E-state index is 10.8. The highest BCUT2D eigenvalue weighted by molar-refractivity contribution is 9.10. The van der Waals surface area contributed by atoms with Gasteiger partial charge in [-0.25, -0.2) is 4.79 Å². The molecule has 1 rings (SSSR count). The number of anilines is 1. The van der Waals surface area contributed by atoms with E-state index < -0.39 is 5.97 Å². The molecule has 0 aliphatic rings. The zero-order valence-corrected chi connectivity index (χ0v) is 11.5. The Morgan fingerprint density at radius 3 is 2.82 bits per heavy atom. The smallest absolute Gasteiger partial charge is 0.335 e. The first-order valence-corrected chi connectivity index (χ1v) is 6.22. The molecule has 5 heteroatoms. The summed E-state index contributed by atoms with van der Waals surface area (Å²) in [5.74, 6) is -0.931. The van der Waals surface area contributed by atoms with Gasteiger partial charge in [0, 0.05) is 23.3 Å². The summed E-state index contributed by atoms with van der Waals surface area (Å²) in [4.78, 5) is 10.8. The van der Waals surface area contributed by atoms with Crippen molar-refractivity contribution in [1.29, 1.82) is 0 Å². The van der Waals surface area contributed by atoms with Crippen molar-refractivity contribution < 1.29 is 14.6 Å². The van der Waals surface area contributed by atoms with Crippen molar-refractivity contribution in [3.05, 3.63) is 28.2 Å². The highest BCUT2D eigenvalue weighted by Crippen LogP contribution is 2.23. The lowest BCUT2D eigenvalue weighted by atomic mass is 10.2. The molecule has 0 aliphatic carbocycles. The van der Waals surface area contributed by atoms with E-state index in [2.05, 4.69) is 21.2 Å². The fourth-order valence-corrected chi connectivity index (χ4v) is 1.91. The van der Waals surface area contributed by atoms with Crippen LogP contribution in [0.1, 0.15) is 24.2 Å². The van der Waals surface area contributed by atoms with Crippen LogP contribution in [0.3, 0.4) is 0 Å². The first-order valence-electron chi connectivity index (χ1n) is 5.43. The molecule has 2 N–H and O–H groups in total. The second-order valence-electron chi connectivity index (χ2n) is 3.65. The van der Waals surface area contributed by atoms with Crippen LogP contribution in [0.2, 0.25) is 0 Å². The minimum atomic E-state index is -0.931. The van der Waals surface area contributed by atoms with Gasteiger partial charge in [0.1, 0.15) is 0 Å². The Hall–Kier alpha value is -1.07. The normalized spacial score (nSPS) is 12.2. The lowest BCUT2D eigenvalue weighted by Gasteiger charge is -2.14. The lowest BCUT2D eigenvalue weighted by molar-refractivity contribution is 0.0696. The summed E-state index contributed by atoms with van der Waals surface area (Å²) in [6, 6.07) is 4.89. The molecule has 1 unspecified atom stereocenters. The Morgan fingerprint density at radius 1 is 1.59 bits per heavy atom. The second-order valence-corrected chi connectivity index (χ2v) is 4.50. The minimum absolute atomic E-state index is 0.117. The second kappa shape index (κ2) is 6.61. The van der Waals surface area contributed by atoms with Crippen LogP contribution in [0.5, 0.6) is 0 Å². The van der Waals surface area contributed by atoms with Gasteiger partial charge in [-0.15, -0.1) is 0 Å². The maximum Gasteiger partial charge on any atom is 0.335 e. The Labute approximate surface area is 109 Å². The molecule has 0 radical (unpaired) electrons. The van der Waals surface area contributed by atoms with Crippen molar-refractivity contribution in [3.63, 3.8) is 0 Å². The molecular formula is C12H16BrNO3. The molecule has 0 amide bonds. The van der Waals surface area contributed by atoms with E-state index >= 15 is 0 Å². The van der Waals surface area contributed by atoms with Gasteiger partial charge in [0.15, 0.2) is 0 Å². The fraction of sp³-hybridized carbons (Fsp3) is 0.417. The first-order chi connectivity index (χ1) is 8.04. The van der Waals surface area contributed by atoms with Crippen molar-refractivity contribution >= 4 is 27.6 Å². The zero-order valence-electron chi connectivity index (χ0n) is 9.87. The van der Waals surface area contributed by atoms with Gasteiger partial charge in [-0.3, -0.25) is 0 Å². The Morgan fingerprint density at radius 2 is 2.29 bits per heavy atom. The summed E-state index contributed by atoms with van der Waals surface area (Å²) in [6.45, 7) is 5.30. The van der Waals surface area contributed by atoms with Crippen molar-refractivity contribution in [2.45, 2.75) is 20.0 Å². The summed E-state index contributed by atoms with van der Waals surface area (Å²) >= 11 is 3.34. The molecule has 0 aliphatic heterocycles. The van der Waals surface area contributed by atoms with Crippen LogP contribution in [0.4, 0.5) is 5.69 Å². The number of carbonyl (C=O) groups is 1. The summed E-state index contributed by atoms with van der Waals surface area (Å²) in [5.41, 5.74) is 1.13. The van der Waals surface area contributed by atoms with Crippen molar-refractivity contribution in [3.8, 4) is 0 Å². The van der Waals surface area contributed by atoms with Gasteiger partial charge < -0.3 is 15.2 Å². The predicted octanol–water partition coefficient (Wildman–Crippen LogP) is 2.98. The van der Waals surface area contributed by atoms with Gasteiger partial charge in [-0.2, -0.15) is 0 Å². The van der Waals surface area contributed by atoms with E-state index in [4.69, 9.17) is 9.84 Å². The summed E-state index contributed by atoms with van der Waals surface area (Å²) in [6.07, 6.45) is 0.117. The fourth-order valence-electron chi connectivity index (χ4n) is 1.39. The summed E-state index contributed by atoms with van der Waals surface area (Å²) < 4.78 is 6.13. The van der Waals surface area contributed by atoms with Crippen LogP contribution in [0, 0.1) is 0 Å². The maximum absolute atomic E-state index is 10.8. The molecule has 1 aromatic rings. The predicted molar refractivity (Wildman–Crippen MR) is 70.7 cm³/mol. The molecule has 0 heterocycles. The SMILES string of the molecule is CCOC(C)CNc1ccc(C(=O)O)cc1Br. The van der Waals surface area contributed by atoms with Crippen molar-refractivity contribution in [2.24, 2.45) is 0 Å². The average molecular weight is 302 g/mol. The molecule has 1 atom stereocenters. The molecule has 4 nitrogen and oxygen atoms in total. The Kier molecular flexibility index (Phi) is 5.44. The van der Waals surface area contributed by atoms with Crippen LogP contribution in [-0.4, -0.2) is 30.3 Å². The summed E-state index contributed by atoms with van der Waals surface area (Å²) in [5, 5.41) is 12.0. The van der Waals surface area contributed by atoms with Gasteiger partial charge in [0.25, 0.3) is 0 Å². The van der Waals surface area contributed by atoms with Gasteiger partial charge in [0.05, 0.1) is 11.7 Å². The third kappa shape index (κ3) is 4.36. The van der Waals surface area contributed by atoms with Crippen LogP contribution in [0.15, 0.2) is 22.7 Å². The van der Waals surface area contributed by atoms with Gasteiger partial charge in [-0.05, 0) is 48.0 Å². The standard InChI is InChI=1S/C12H16BrNO3/c1-3-17-8(2)7-14-11-5-4-9(12(15)16)6-10(11)13/h4-6,8,14H,3,7H2,1-2H3,(H,15,16). The molecule has 17 heavy (non-hydrogen) atoms. The van der Waals surface area contributed by atoms with E-state index in [1.165, 1.54) is 0 Å². The average Bonchev–Trinajstić information content (AvgIpc) is 2.27. The highest BCUT2D eigenvalue weighted by atomic mass is 79.9. The van der Waals surface area contributed by atoms with Gasteiger partial charge >= 0.3 is 5.97 Å². The molecule has 0 aromatic heterocycles. The number of hydrogen-bond acceptors (Lipinski definition) is 3. The van der Waals surface area contributed by atoms with Gasteiger partial charge in [0.2, 0.25) is 0 Å². The highest BCUT2D eigenvalue weighted by Gasteiger charge is 2.07. The molecule has 0 saturated heterocycles. The van der Waals surface area contributed by atoms with E-state index in [0.717, 1.165) is 10.2 Å². The number of ether oxygens (including phenoxy) is 1. The van der Waals surface area contributed by atoms with Crippen LogP contribution >= 0.6 is 15.9 Å². The molecule has 0 bridgehead atoms. The number of hydrogen-bond donors (Lipinski definition) is 2. The zero-order chi connectivity index (χ0) is 12.8.